The summed E-state index contributed by atoms with van der Waals surface area (Å²) in [4.78, 5) is 26.0. The Bertz CT molecular complexity index is 462. The van der Waals surface area contributed by atoms with Crippen LogP contribution in [0.1, 0.15) is 43.2 Å². The molecule has 1 heterocycles. The minimum atomic E-state index is -1.10. The number of nitrogens with zero attached hydrogens (tertiary/aromatic N) is 1. The van der Waals surface area contributed by atoms with Gasteiger partial charge >= 0.3 is 11.9 Å². The van der Waals surface area contributed by atoms with E-state index in [9.17, 15) is 14.7 Å². The van der Waals surface area contributed by atoms with Gasteiger partial charge in [-0.25, -0.2) is 9.78 Å². The summed E-state index contributed by atoms with van der Waals surface area (Å²) < 4.78 is 0. The molecule has 2 N–H and O–H groups in total. The number of rotatable bonds is 4. The van der Waals surface area contributed by atoms with Gasteiger partial charge in [-0.2, -0.15) is 0 Å². The molecule has 1 aromatic rings. The van der Waals surface area contributed by atoms with Crippen molar-refractivity contribution in [3.8, 4) is 0 Å². The van der Waals surface area contributed by atoms with Gasteiger partial charge in [0.05, 0.1) is 5.41 Å². The molecule has 0 saturated carbocycles. The van der Waals surface area contributed by atoms with Crippen molar-refractivity contribution < 1.29 is 19.8 Å². The van der Waals surface area contributed by atoms with Crippen LogP contribution >= 0.6 is 11.3 Å². The molecule has 0 atom stereocenters. The molecule has 0 fully saturated rings. The smallest absolute Gasteiger partial charge is 0.355 e. The molecule has 0 spiro atoms. The van der Waals surface area contributed by atoms with Gasteiger partial charge in [0.15, 0.2) is 5.69 Å². The average molecular weight is 257 g/mol. The molecule has 0 aliphatic carbocycles. The van der Waals surface area contributed by atoms with Gasteiger partial charge in [0.25, 0.3) is 0 Å². The monoisotopic (exact) mass is 257 g/mol. The van der Waals surface area contributed by atoms with E-state index in [0.717, 1.165) is 0 Å². The highest BCUT2D eigenvalue weighted by atomic mass is 32.1. The van der Waals surface area contributed by atoms with Crippen LogP contribution in [0, 0.1) is 5.41 Å². The third kappa shape index (κ3) is 2.17. The van der Waals surface area contributed by atoms with Crippen molar-refractivity contribution >= 4 is 23.3 Å². The standard InChI is InChI=1S/C11H15NO4S/c1-10(2,11(3,4)9(15)16)8-12-6(5-17-8)7(13)14/h5H,1-4H3,(H,13,14)(H,15,16). The first-order chi connectivity index (χ1) is 7.60. The maximum atomic E-state index is 11.2. The summed E-state index contributed by atoms with van der Waals surface area (Å²) >= 11 is 1.17. The Morgan fingerprint density at radius 2 is 1.76 bits per heavy atom. The van der Waals surface area contributed by atoms with E-state index >= 15 is 0 Å². The zero-order valence-electron chi connectivity index (χ0n) is 10.1. The van der Waals surface area contributed by atoms with Crippen molar-refractivity contribution in [2.45, 2.75) is 33.1 Å². The lowest BCUT2D eigenvalue weighted by molar-refractivity contribution is -0.150. The van der Waals surface area contributed by atoms with Crippen molar-refractivity contribution in [2.24, 2.45) is 5.41 Å². The summed E-state index contributed by atoms with van der Waals surface area (Å²) in [7, 11) is 0. The fraction of sp³-hybridized carbons (Fsp3) is 0.545. The molecule has 0 aliphatic heterocycles. The van der Waals surface area contributed by atoms with Crippen LogP contribution in [0.4, 0.5) is 0 Å². The highest BCUT2D eigenvalue weighted by molar-refractivity contribution is 7.10. The second kappa shape index (κ2) is 4.10. The van der Waals surface area contributed by atoms with Gasteiger partial charge in [-0.15, -0.1) is 11.3 Å². The topological polar surface area (TPSA) is 87.5 Å². The molecule has 6 heteroatoms. The van der Waals surface area contributed by atoms with Crippen molar-refractivity contribution in [3.63, 3.8) is 0 Å². The molecule has 0 radical (unpaired) electrons. The molecular formula is C11H15NO4S. The minimum Gasteiger partial charge on any atom is -0.481 e. The predicted octanol–water partition coefficient (Wildman–Crippen LogP) is 2.23. The number of carboxylic acids is 2. The van der Waals surface area contributed by atoms with Gasteiger partial charge in [-0.05, 0) is 13.8 Å². The van der Waals surface area contributed by atoms with Gasteiger partial charge in [-0.1, -0.05) is 13.8 Å². The van der Waals surface area contributed by atoms with Crippen molar-refractivity contribution in [1.29, 1.82) is 0 Å². The van der Waals surface area contributed by atoms with Crippen LogP contribution in [-0.2, 0) is 10.2 Å². The fourth-order valence-electron chi connectivity index (χ4n) is 1.19. The Labute approximate surface area is 103 Å². The van der Waals surface area contributed by atoms with Crippen LogP contribution < -0.4 is 0 Å². The third-order valence-corrected chi connectivity index (χ3v) is 4.52. The Kier molecular flexibility index (Phi) is 3.29. The molecule has 5 nitrogen and oxygen atoms in total. The molecule has 17 heavy (non-hydrogen) atoms. The number of carboxylic acid groups (broad SMARTS) is 2. The molecular weight excluding hydrogens is 242 g/mol. The number of carbonyl (C=O) groups is 2. The number of aromatic nitrogens is 1. The van der Waals surface area contributed by atoms with Crippen molar-refractivity contribution in [1.82, 2.24) is 4.98 Å². The Hall–Kier alpha value is -1.43. The van der Waals surface area contributed by atoms with E-state index in [-0.39, 0.29) is 5.69 Å². The van der Waals surface area contributed by atoms with Gasteiger partial charge in [0.1, 0.15) is 5.01 Å². The van der Waals surface area contributed by atoms with Crippen LogP contribution in [0.25, 0.3) is 0 Å². The van der Waals surface area contributed by atoms with Crippen LogP contribution in [0.5, 0.6) is 0 Å². The molecule has 0 amide bonds. The van der Waals surface area contributed by atoms with Gasteiger partial charge in [-0.3, -0.25) is 4.79 Å². The summed E-state index contributed by atoms with van der Waals surface area (Å²) in [6.45, 7) is 6.73. The summed E-state index contributed by atoms with van der Waals surface area (Å²) in [6.07, 6.45) is 0. The maximum Gasteiger partial charge on any atom is 0.355 e. The number of hydrogen-bond donors (Lipinski definition) is 2. The first kappa shape index (κ1) is 13.6. The molecule has 94 valence electrons. The fourth-order valence-corrected chi connectivity index (χ4v) is 2.27. The molecule has 0 aromatic carbocycles. The van der Waals surface area contributed by atoms with E-state index in [0.29, 0.717) is 5.01 Å². The second-order valence-electron chi connectivity index (χ2n) is 4.90. The second-order valence-corrected chi connectivity index (χ2v) is 5.76. The van der Waals surface area contributed by atoms with Gasteiger partial charge < -0.3 is 10.2 Å². The van der Waals surface area contributed by atoms with Crippen molar-refractivity contribution in [2.75, 3.05) is 0 Å². The lowest BCUT2D eigenvalue weighted by Gasteiger charge is -2.36. The number of aliphatic carboxylic acids is 1. The van der Waals surface area contributed by atoms with E-state index in [4.69, 9.17) is 5.11 Å². The van der Waals surface area contributed by atoms with Crippen LogP contribution in [0.15, 0.2) is 5.38 Å². The number of aromatic carboxylic acids is 1. The summed E-state index contributed by atoms with van der Waals surface area (Å²) in [5.74, 6) is -2.04. The van der Waals surface area contributed by atoms with E-state index in [2.05, 4.69) is 4.98 Å². The molecule has 1 rings (SSSR count). The maximum absolute atomic E-state index is 11.2. The normalized spacial score (nSPS) is 12.5. The van der Waals surface area contributed by atoms with Crippen LogP contribution in [0.3, 0.4) is 0 Å². The first-order valence-corrected chi connectivity index (χ1v) is 5.91. The quantitative estimate of drug-likeness (QED) is 0.863. The van der Waals surface area contributed by atoms with Crippen LogP contribution in [0.2, 0.25) is 0 Å². The molecule has 1 aromatic heterocycles. The van der Waals surface area contributed by atoms with Gasteiger partial charge in [0, 0.05) is 10.8 Å². The van der Waals surface area contributed by atoms with E-state index in [1.807, 2.05) is 0 Å². The highest BCUT2D eigenvalue weighted by Crippen LogP contribution is 2.42. The lowest BCUT2D eigenvalue weighted by atomic mass is 9.68. The molecule has 0 aliphatic rings. The Balaban J connectivity index is 3.21. The van der Waals surface area contributed by atoms with Gasteiger partial charge in [0.2, 0.25) is 0 Å². The Morgan fingerprint density at radius 1 is 1.24 bits per heavy atom. The van der Waals surface area contributed by atoms with Crippen LogP contribution in [-0.4, -0.2) is 27.1 Å². The first-order valence-electron chi connectivity index (χ1n) is 5.03. The summed E-state index contributed by atoms with van der Waals surface area (Å²) in [5.41, 5.74) is -1.81. The highest BCUT2D eigenvalue weighted by Gasteiger charge is 2.46. The number of hydrogen-bond acceptors (Lipinski definition) is 4. The van der Waals surface area contributed by atoms with Crippen molar-refractivity contribution in [3.05, 3.63) is 16.1 Å². The summed E-state index contributed by atoms with van der Waals surface area (Å²) in [5, 5.41) is 20.0. The zero-order valence-corrected chi connectivity index (χ0v) is 11.0. The van der Waals surface area contributed by atoms with E-state index in [1.165, 1.54) is 16.7 Å². The van der Waals surface area contributed by atoms with E-state index < -0.39 is 22.8 Å². The SMILES string of the molecule is CC(C)(C(=O)O)C(C)(C)c1nc(C(=O)O)cs1. The number of thiazole rings is 1. The predicted molar refractivity (Wildman–Crippen MR) is 63.5 cm³/mol. The van der Waals surface area contributed by atoms with E-state index in [1.54, 1.807) is 27.7 Å². The summed E-state index contributed by atoms with van der Waals surface area (Å²) in [6, 6.07) is 0. The third-order valence-electron chi connectivity index (χ3n) is 3.36. The zero-order chi connectivity index (χ0) is 13.4. The largest absolute Gasteiger partial charge is 0.481 e. The molecule has 0 bridgehead atoms. The Morgan fingerprint density at radius 3 is 2.12 bits per heavy atom. The average Bonchev–Trinajstić information content (AvgIpc) is 2.65. The molecule has 0 unspecified atom stereocenters. The minimum absolute atomic E-state index is 0.0423. The molecule has 0 saturated heterocycles. The lowest BCUT2D eigenvalue weighted by Crippen LogP contribution is -2.42.